The molecule has 0 aliphatic carbocycles. The molecule has 0 radical (unpaired) electrons. The highest BCUT2D eigenvalue weighted by molar-refractivity contribution is 6.74. The van der Waals surface area contributed by atoms with Gasteiger partial charge in [0.2, 0.25) is 0 Å². The maximum absolute atomic E-state index is 11.4. The Morgan fingerprint density at radius 3 is 2.26 bits per heavy atom. The van der Waals surface area contributed by atoms with Gasteiger partial charge in [0.05, 0.1) is 17.7 Å². The summed E-state index contributed by atoms with van der Waals surface area (Å²) < 4.78 is 10.8. The summed E-state index contributed by atoms with van der Waals surface area (Å²) >= 11 is 6.18. The van der Waals surface area contributed by atoms with Crippen LogP contribution >= 0.6 is 11.6 Å². The number of hydrogen-bond donors (Lipinski definition) is 0. The Hall–Kier alpha value is -1.00. The predicted octanol–water partition coefficient (Wildman–Crippen LogP) is 4.51. The first-order chi connectivity index (χ1) is 8.58. The van der Waals surface area contributed by atoms with Crippen molar-refractivity contribution in [1.82, 2.24) is 0 Å². The van der Waals surface area contributed by atoms with Gasteiger partial charge in [0.15, 0.2) is 0 Å². The molecule has 0 N–H and O–H groups in total. The summed E-state index contributed by atoms with van der Waals surface area (Å²) in [5, 5.41) is 0.532. The van der Waals surface area contributed by atoms with Crippen molar-refractivity contribution in [1.29, 1.82) is 0 Å². The predicted molar refractivity (Wildman–Crippen MR) is 80.6 cm³/mol. The van der Waals surface area contributed by atoms with Crippen LogP contribution in [0.1, 0.15) is 31.1 Å². The van der Waals surface area contributed by atoms with Crippen LogP contribution in [0.4, 0.5) is 0 Å². The van der Waals surface area contributed by atoms with E-state index < -0.39 is 14.3 Å². The number of hydrogen-bond acceptors (Lipinski definition) is 3. The standard InChI is InChI=1S/C14H21ClO3Si/c1-14(2,3)19(5,6)18-12-8-7-10(9-11(12)15)13(16)17-4/h7-9H,1-6H3. The molecule has 0 aromatic heterocycles. The minimum absolute atomic E-state index is 0.0946. The van der Waals surface area contributed by atoms with Gasteiger partial charge in [-0.25, -0.2) is 4.79 Å². The average molecular weight is 301 g/mol. The smallest absolute Gasteiger partial charge is 0.337 e. The number of halogens is 1. The summed E-state index contributed by atoms with van der Waals surface area (Å²) in [4.78, 5) is 11.4. The lowest BCUT2D eigenvalue weighted by Crippen LogP contribution is -2.43. The molecule has 1 rings (SSSR count). The molecule has 106 valence electrons. The van der Waals surface area contributed by atoms with Gasteiger partial charge in [-0.05, 0) is 36.3 Å². The van der Waals surface area contributed by atoms with Crippen molar-refractivity contribution in [2.75, 3.05) is 7.11 Å². The van der Waals surface area contributed by atoms with Gasteiger partial charge in [-0.2, -0.15) is 0 Å². The zero-order valence-corrected chi connectivity index (χ0v) is 14.1. The van der Waals surface area contributed by atoms with Crippen LogP contribution < -0.4 is 4.43 Å². The fourth-order valence-electron chi connectivity index (χ4n) is 1.26. The summed E-state index contributed by atoms with van der Waals surface area (Å²) in [6, 6.07) is 4.98. The van der Waals surface area contributed by atoms with Crippen molar-refractivity contribution < 1.29 is 14.0 Å². The van der Waals surface area contributed by atoms with Crippen molar-refractivity contribution in [3.63, 3.8) is 0 Å². The maximum atomic E-state index is 11.4. The third kappa shape index (κ3) is 3.73. The van der Waals surface area contributed by atoms with Crippen molar-refractivity contribution in [3.05, 3.63) is 28.8 Å². The van der Waals surface area contributed by atoms with Gasteiger partial charge in [-0.1, -0.05) is 32.4 Å². The van der Waals surface area contributed by atoms with Gasteiger partial charge in [-0.15, -0.1) is 0 Å². The molecule has 1 aromatic rings. The SMILES string of the molecule is COC(=O)c1ccc(O[Si](C)(C)C(C)(C)C)c(Cl)c1. The molecule has 1 aromatic carbocycles. The van der Waals surface area contributed by atoms with Crippen LogP contribution in [-0.2, 0) is 4.74 Å². The van der Waals surface area contributed by atoms with Gasteiger partial charge in [-0.3, -0.25) is 0 Å². The van der Waals surface area contributed by atoms with E-state index in [1.54, 1.807) is 18.2 Å². The summed E-state index contributed by atoms with van der Waals surface area (Å²) in [5.41, 5.74) is 0.426. The van der Waals surface area contributed by atoms with E-state index in [0.29, 0.717) is 16.3 Å². The zero-order chi connectivity index (χ0) is 14.8. The topological polar surface area (TPSA) is 35.5 Å². The van der Waals surface area contributed by atoms with Gasteiger partial charge < -0.3 is 9.16 Å². The Morgan fingerprint density at radius 2 is 1.84 bits per heavy atom. The molecule has 0 aliphatic heterocycles. The van der Waals surface area contributed by atoms with E-state index >= 15 is 0 Å². The molecule has 0 fully saturated rings. The van der Waals surface area contributed by atoms with Gasteiger partial charge in [0.1, 0.15) is 5.75 Å². The Labute approximate surface area is 121 Å². The highest BCUT2D eigenvalue weighted by Gasteiger charge is 2.39. The summed E-state index contributed by atoms with van der Waals surface area (Å²) in [5.74, 6) is 0.224. The highest BCUT2D eigenvalue weighted by Crippen LogP contribution is 2.39. The van der Waals surface area contributed by atoms with Gasteiger partial charge >= 0.3 is 5.97 Å². The first-order valence-electron chi connectivity index (χ1n) is 6.15. The van der Waals surface area contributed by atoms with E-state index in [0.717, 1.165) is 0 Å². The molecule has 0 aliphatic rings. The van der Waals surface area contributed by atoms with Crippen LogP contribution in [0.2, 0.25) is 23.2 Å². The highest BCUT2D eigenvalue weighted by atomic mass is 35.5. The Bertz CT molecular complexity index is 478. The lowest BCUT2D eigenvalue weighted by atomic mass is 10.2. The second-order valence-electron chi connectivity index (χ2n) is 6.00. The molecule has 3 nitrogen and oxygen atoms in total. The summed E-state index contributed by atoms with van der Waals surface area (Å²) in [6.07, 6.45) is 0. The van der Waals surface area contributed by atoms with Gasteiger partial charge in [0.25, 0.3) is 8.32 Å². The second-order valence-corrected chi connectivity index (χ2v) is 11.1. The second kappa shape index (κ2) is 5.55. The molecule has 19 heavy (non-hydrogen) atoms. The molecular formula is C14H21ClO3Si. The number of benzene rings is 1. The lowest BCUT2D eigenvalue weighted by Gasteiger charge is -2.36. The molecule has 0 atom stereocenters. The van der Waals surface area contributed by atoms with Crippen molar-refractivity contribution in [2.45, 2.75) is 38.9 Å². The van der Waals surface area contributed by atoms with Crippen molar-refractivity contribution in [3.8, 4) is 5.75 Å². The minimum Gasteiger partial charge on any atom is -0.543 e. The zero-order valence-electron chi connectivity index (χ0n) is 12.3. The molecule has 0 spiro atoms. The molecule has 0 bridgehead atoms. The number of ether oxygens (including phenoxy) is 1. The van der Waals surface area contributed by atoms with Crippen LogP contribution in [0.25, 0.3) is 0 Å². The Morgan fingerprint density at radius 1 is 1.26 bits per heavy atom. The van der Waals surface area contributed by atoms with E-state index in [1.165, 1.54) is 7.11 Å². The third-order valence-electron chi connectivity index (χ3n) is 3.52. The van der Waals surface area contributed by atoms with Crippen LogP contribution in [0.15, 0.2) is 18.2 Å². The fourth-order valence-corrected chi connectivity index (χ4v) is 2.57. The van der Waals surface area contributed by atoms with Crippen LogP contribution in [0.5, 0.6) is 5.75 Å². The third-order valence-corrected chi connectivity index (χ3v) is 8.16. The van der Waals surface area contributed by atoms with Crippen LogP contribution in [0, 0.1) is 0 Å². The monoisotopic (exact) mass is 300 g/mol. The number of carbonyl (C=O) groups excluding carboxylic acids is 1. The maximum Gasteiger partial charge on any atom is 0.337 e. The van der Waals surface area contributed by atoms with E-state index in [-0.39, 0.29) is 5.04 Å². The number of methoxy groups -OCH3 is 1. The largest absolute Gasteiger partial charge is 0.543 e. The van der Waals surface area contributed by atoms with Crippen molar-refractivity contribution >= 4 is 25.9 Å². The summed E-state index contributed by atoms with van der Waals surface area (Å²) in [7, 11) is -0.587. The number of esters is 1. The first-order valence-corrected chi connectivity index (χ1v) is 9.44. The van der Waals surface area contributed by atoms with E-state index in [4.69, 9.17) is 16.0 Å². The molecule has 0 saturated heterocycles. The number of rotatable bonds is 3. The van der Waals surface area contributed by atoms with E-state index in [1.807, 2.05) is 0 Å². The molecule has 0 unspecified atom stereocenters. The van der Waals surface area contributed by atoms with E-state index in [9.17, 15) is 4.79 Å². The van der Waals surface area contributed by atoms with Gasteiger partial charge in [0, 0.05) is 0 Å². The first kappa shape index (κ1) is 16.1. The van der Waals surface area contributed by atoms with Crippen molar-refractivity contribution in [2.24, 2.45) is 0 Å². The van der Waals surface area contributed by atoms with E-state index in [2.05, 4.69) is 38.6 Å². The number of carbonyl (C=O) groups is 1. The lowest BCUT2D eigenvalue weighted by molar-refractivity contribution is 0.0600. The normalized spacial score (nSPS) is 12.2. The van der Waals surface area contributed by atoms with Crippen LogP contribution in [-0.4, -0.2) is 21.4 Å². The van der Waals surface area contributed by atoms with Crippen LogP contribution in [0.3, 0.4) is 0 Å². The molecule has 0 saturated carbocycles. The molecule has 5 heteroatoms. The minimum atomic E-state index is -1.93. The fraction of sp³-hybridized carbons (Fsp3) is 0.500. The Kier molecular flexibility index (Phi) is 4.69. The Balaban J connectivity index is 3.02. The molecular weight excluding hydrogens is 280 g/mol. The quantitative estimate of drug-likeness (QED) is 0.608. The average Bonchev–Trinajstić information content (AvgIpc) is 2.29. The summed E-state index contributed by atoms with van der Waals surface area (Å²) in [6.45, 7) is 10.8. The molecule has 0 heterocycles. The molecule has 0 amide bonds.